The van der Waals surface area contributed by atoms with Crippen molar-refractivity contribution < 1.29 is 4.79 Å². The first kappa shape index (κ1) is 10.1. The highest BCUT2D eigenvalue weighted by atomic mass is 16.2. The van der Waals surface area contributed by atoms with E-state index >= 15 is 0 Å². The van der Waals surface area contributed by atoms with E-state index in [0.717, 1.165) is 25.9 Å². The summed E-state index contributed by atoms with van der Waals surface area (Å²) in [5, 5.41) is 11.0. The fourth-order valence-corrected chi connectivity index (χ4v) is 1.79. The molecule has 0 bridgehead atoms. The van der Waals surface area contributed by atoms with Gasteiger partial charge in [-0.2, -0.15) is 0 Å². The van der Waals surface area contributed by atoms with Gasteiger partial charge < -0.3 is 4.90 Å². The smallest absolute Gasteiger partial charge is 0.230 e. The van der Waals surface area contributed by atoms with Crippen molar-refractivity contribution in [3.8, 4) is 0 Å². The van der Waals surface area contributed by atoms with Gasteiger partial charge in [0.05, 0.1) is 6.42 Å². The van der Waals surface area contributed by atoms with Crippen molar-refractivity contribution in [2.75, 3.05) is 13.1 Å². The van der Waals surface area contributed by atoms with E-state index in [1.54, 1.807) is 11.7 Å². The van der Waals surface area contributed by atoms with Crippen LogP contribution in [-0.4, -0.2) is 44.1 Å². The van der Waals surface area contributed by atoms with E-state index in [4.69, 9.17) is 0 Å². The number of aryl methyl sites for hydroxylation is 1. The topological polar surface area (TPSA) is 63.9 Å². The third-order valence-electron chi connectivity index (χ3n) is 2.73. The van der Waals surface area contributed by atoms with E-state index in [2.05, 4.69) is 15.5 Å². The summed E-state index contributed by atoms with van der Waals surface area (Å²) in [5.41, 5.74) is 0. The van der Waals surface area contributed by atoms with Crippen molar-refractivity contribution in [1.82, 2.24) is 25.1 Å². The minimum Gasteiger partial charge on any atom is -0.342 e. The van der Waals surface area contributed by atoms with E-state index in [-0.39, 0.29) is 5.91 Å². The van der Waals surface area contributed by atoms with Crippen molar-refractivity contribution >= 4 is 5.91 Å². The number of nitrogens with zero attached hydrogens (tertiary/aromatic N) is 5. The lowest BCUT2D eigenvalue weighted by Gasteiger charge is -2.26. The molecule has 1 amide bonds. The summed E-state index contributed by atoms with van der Waals surface area (Å²) in [5.74, 6) is 0.762. The van der Waals surface area contributed by atoms with Gasteiger partial charge in [0.1, 0.15) is 0 Å². The second-order valence-electron chi connectivity index (χ2n) is 3.84. The lowest BCUT2D eigenvalue weighted by Crippen LogP contribution is -2.37. The van der Waals surface area contributed by atoms with Crippen LogP contribution in [0.4, 0.5) is 0 Å². The molecule has 1 aliphatic heterocycles. The monoisotopic (exact) mass is 209 g/mol. The molecule has 0 radical (unpaired) electrons. The van der Waals surface area contributed by atoms with Gasteiger partial charge in [0.15, 0.2) is 5.82 Å². The Hall–Kier alpha value is -1.46. The summed E-state index contributed by atoms with van der Waals surface area (Å²) < 4.78 is 1.54. The molecule has 1 aromatic heterocycles. The quantitative estimate of drug-likeness (QED) is 0.674. The van der Waals surface area contributed by atoms with E-state index in [9.17, 15) is 4.79 Å². The zero-order chi connectivity index (χ0) is 10.7. The lowest BCUT2D eigenvalue weighted by atomic mass is 10.1. The molecule has 15 heavy (non-hydrogen) atoms. The Balaban J connectivity index is 1.94. The third kappa shape index (κ3) is 2.31. The minimum absolute atomic E-state index is 0.132. The number of likely N-dealkylation sites (tertiary alicyclic amines) is 1. The number of piperidine rings is 1. The lowest BCUT2D eigenvalue weighted by molar-refractivity contribution is -0.131. The average Bonchev–Trinajstić information content (AvgIpc) is 2.66. The van der Waals surface area contributed by atoms with Gasteiger partial charge in [0, 0.05) is 20.1 Å². The molecule has 1 aromatic rings. The highest BCUT2D eigenvalue weighted by Crippen LogP contribution is 2.09. The van der Waals surface area contributed by atoms with Crippen LogP contribution in [0.25, 0.3) is 0 Å². The van der Waals surface area contributed by atoms with Gasteiger partial charge in [0.25, 0.3) is 0 Å². The highest BCUT2D eigenvalue weighted by molar-refractivity contribution is 5.78. The summed E-state index contributed by atoms with van der Waals surface area (Å²) in [6.45, 7) is 1.76. The van der Waals surface area contributed by atoms with Crippen LogP contribution in [-0.2, 0) is 18.3 Å². The Morgan fingerprint density at radius 1 is 1.33 bits per heavy atom. The first-order valence-electron chi connectivity index (χ1n) is 5.26. The first-order valence-corrected chi connectivity index (χ1v) is 5.26. The highest BCUT2D eigenvalue weighted by Gasteiger charge is 2.18. The van der Waals surface area contributed by atoms with Crippen LogP contribution < -0.4 is 0 Å². The largest absolute Gasteiger partial charge is 0.342 e. The molecule has 0 atom stereocenters. The van der Waals surface area contributed by atoms with Gasteiger partial charge in [-0.1, -0.05) is 0 Å². The molecule has 6 heteroatoms. The molecule has 6 nitrogen and oxygen atoms in total. The van der Waals surface area contributed by atoms with Gasteiger partial charge in [-0.15, -0.1) is 5.10 Å². The zero-order valence-corrected chi connectivity index (χ0v) is 8.89. The molecular weight excluding hydrogens is 194 g/mol. The summed E-state index contributed by atoms with van der Waals surface area (Å²) in [6.07, 6.45) is 3.77. The Labute approximate surface area is 88.2 Å². The molecule has 2 heterocycles. The van der Waals surface area contributed by atoms with Gasteiger partial charge in [-0.3, -0.25) is 4.79 Å². The maximum atomic E-state index is 11.8. The van der Waals surface area contributed by atoms with Crippen molar-refractivity contribution in [3.63, 3.8) is 0 Å². The molecule has 1 saturated heterocycles. The van der Waals surface area contributed by atoms with Crippen LogP contribution in [0.1, 0.15) is 25.1 Å². The molecule has 0 saturated carbocycles. The molecule has 0 unspecified atom stereocenters. The molecule has 1 aliphatic rings. The van der Waals surface area contributed by atoms with Crippen LogP contribution >= 0.6 is 0 Å². The number of aromatic nitrogens is 4. The van der Waals surface area contributed by atoms with Crippen LogP contribution in [0.3, 0.4) is 0 Å². The van der Waals surface area contributed by atoms with Crippen molar-refractivity contribution in [2.45, 2.75) is 25.7 Å². The summed E-state index contributed by atoms with van der Waals surface area (Å²) in [7, 11) is 1.75. The van der Waals surface area contributed by atoms with Crippen LogP contribution in [0, 0.1) is 0 Å². The third-order valence-corrected chi connectivity index (χ3v) is 2.73. The number of hydrogen-bond donors (Lipinski definition) is 0. The average molecular weight is 209 g/mol. The normalized spacial score (nSPS) is 16.7. The first-order chi connectivity index (χ1) is 7.27. The van der Waals surface area contributed by atoms with Crippen molar-refractivity contribution in [3.05, 3.63) is 5.82 Å². The van der Waals surface area contributed by atoms with E-state index in [1.807, 2.05) is 4.90 Å². The number of amides is 1. The SMILES string of the molecule is Cn1nnnc1CC(=O)N1CCCCC1. The molecule has 82 valence electrons. The molecular formula is C9H15N5O. The van der Waals surface area contributed by atoms with E-state index in [0.29, 0.717) is 12.2 Å². The van der Waals surface area contributed by atoms with Crippen LogP contribution in [0.15, 0.2) is 0 Å². The minimum atomic E-state index is 0.132. The Bertz CT molecular complexity index is 342. The number of tetrazole rings is 1. The maximum Gasteiger partial charge on any atom is 0.230 e. The predicted molar refractivity (Wildman–Crippen MR) is 52.9 cm³/mol. The molecule has 2 rings (SSSR count). The van der Waals surface area contributed by atoms with Gasteiger partial charge in [-0.05, 0) is 29.7 Å². The number of hydrogen-bond acceptors (Lipinski definition) is 4. The zero-order valence-electron chi connectivity index (χ0n) is 8.89. The number of rotatable bonds is 2. The maximum absolute atomic E-state index is 11.8. The second-order valence-corrected chi connectivity index (χ2v) is 3.84. The number of carbonyl (C=O) groups excluding carboxylic acids is 1. The molecule has 1 fully saturated rings. The molecule has 0 N–H and O–H groups in total. The number of carbonyl (C=O) groups is 1. The molecule has 0 aliphatic carbocycles. The van der Waals surface area contributed by atoms with Crippen LogP contribution in [0.2, 0.25) is 0 Å². The Morgan fingerprint density at radius 2 is 2.07 bits per heavy atom. The fourth-order valence-electron chi connectivity index (χ4n) is 1.79. The fraction of sp³-hybridized carbons (Fsp3) is 0.778. The van der Waals surface area contributed by atoms with Gasteiger partial charge in [-0.25, -0.2) is 4.68 Å². The van der Waals surface area contributed by atoms with Crippen LogP contribution in [0.5, 0.6) is 0 Å². The Morgan fingerprint density at radius 3 is 2.67 bits per heavy atom. The molecule has 0 spiro atoms. The second kappa shape index (κ2) is 4.37. The van der Waals surface area contributed by atoms with Crippen molar-refractivity contribution in [1.29, 1.82) is 0 Å². The summed E-state index contributed by atoms with van der Waals surface area (Å²) >= 11 is 0. The standard InChI is InChI=1S/C9H15N5O/c1-13-8(10-11-12-13)7-9(15)14-5-3-2-4-6-14/h2-7H2,1H3. The summed E-state index contributed by atoms with van der Waals surface area (Å²) in [4.78, 5) is 13.7. The molecule has 0 aromatic carbocycles. The summed E-state index contributed by atoms with van der Waals surface area (Å²) in [6, 6.07) is 0. The van der Waals surface area contributed by atoms with Crippen molar-refractivity contribution in [2.24, 2.45) is 7.05 Å². The predicted octanol–water partition coefficient (Wildman–Crippen LogP) is -0.235. The Kier molecular flexibility index (Phi) is 2.94. The van der Waals surface area contributed by atoms with E-state index in [1.165, 1.54) is 6.42 Å². The van der Waals surface area contributed by atoms with E-state index < -0.39 is 0 Å². The van der Waals surface area contributed by atoms with Gasteiger partial charge in [0.2, 0.25) is 5.91 Å². The van der Waals surface area contributed by atoms with Gasteiger partial charge >= 0.3 is 0 Å².